The molecule has 0 aliphatic carbocycles. The van der Waals surface area contributed by atoms with Crippen molar-refractivity contribution in [3.8, 4) is 0 Å². The predicted octanol–water partition coefficient (Wildman–Crippen LogP) is 3.49. The van der Waals surface area contributed by atoms with Crippen molar-refractivity contribution < 1.29 is 0 Å². The first-order chi connectivity index (χ1) is 9.40. The summed E-state index contributed by atoms with van der Waals surface area (Å²) >= 11 is 15.2. The number of hydrogen-bond donors (Lipinski definition) is 0. The van der Waals surface area contributed by atoms with Crippen LogP contribution in [0.1, 0.15) is 5.56 Å². The summed E-state index contributed by atoms with van der Waals surface area (Å²) in [5.74, 6) is 0. The topological polar surface area (TPSA) is 38.1 Å². The molecule has 0 aliphatic rings. The van der Waals surface area contributed by atoms with Gasteiger partial charge < -0.3 is 4.90 Å². The van der Waals surface area contributed by atoms with Gasteiger partial charge in [0.2, 0.25) is 0 Å². The van der Waals surface area contributed by atoms with Crippen molar-refractivity contribution in [1.82, 2.24) is 9.78 Å². The number of halogens is 3. The SMILES string of the molecule is CN(Cc1ccc(Cl)c(Cl)c1)c1cnn(C)c(=O)c1Br. The molecule has 20 heavy (non-hydrogen) atoms. The molecule has 0 fully saturated rings. The third kappa shape index (κ3) is 3.16. The Hall–Kier alpha value is -1.04. The van der Waals surface area contributed by atoms with Gasteiger partial charge in [0, 0.05) is 20.6 Å². The molecule has 1 heterocycles. The van der Waals surface area contributed by atoms with Crippen LogP contribution in [0.15, 0.2) is 33.7 Å². The summed E-state index contributed by atoms with van der Waals surface area (Å²) in [7, 11) is 3.49. The van der Waals surface area contributed by atoms with Gasteiger partial charge in [0.1, 0.15) is 4.47 Å². The van der Waals surface area contributed by atoms with Gasteiger partial charge in [-0.25, -0.2) is 4.68 Å². The minimum atomic E-state index is -0.177. The molecular weight excluding hydrogens is 365 g/mol. The normalized spacial score (nSPS) is 10.7. The lowest BCUT2D eigenvalue weighted by molar-refractivity contribution is 0.698. The van der Waals surface area contributed by atoms with Crippen molar-refractivity contribution >= 4 is 44.8 Å². The highest BCUT2D eigenvalue weighted by atomic mass is 79.9. The van der Waals surface area contributed by atoms with E-state index in [1.54, 1.807) is 19.3 Å². The average Bonchev–Trinajstić information content (AvgIpc) is 2.40. The molecule has 1 aromatic heterocycles. The quantitative estimate of drug-likeness (QED) is 0.822. The van der Waals surface area contributed by atoms with Gasteiger partial charge in [0.05, 0.1) is 21.9 Å². The predicted molar refractivity (Wildman–Crippen MR) is 85.7 cm³/mol. The molecule has 2 rings (SSSR count). The van der Waals surface area contributed by atoms with Gasteiger partial charge in [-0.05, 0) is 33.6 Å². The second-order valence-corrected chi connectivity index (χ2v) is 5.98. The van der Waals surface area contributed by atoms with Crippen LogP contribution in [-0.4, -0.2) is 16.8 Å². The Morgan fingerprint density at radius 3 is 2.70 bits per heavy atom. The molecule has 2 aromatic rings. The number of benzene rings is 1. The average molecular weight is 377 g/mol. The van der Waals surface area contributed by atoms with Crippen LogP contribution in [0.5, 0.6) is 0 Å². The van der Waals surface area contributed by atoms with E-state index in [-0.39, 0.29) is 5.56 Å². The minimum absolute atomic E-state index is 0.177. The van der Waals surface area contributed by atoms with E-state index < -0.39 is 0 Å². The van der Waals surface area contributed by atoms with Crippen molar-refractivity contribution in [2.75, 3.05) is 11.9 Å². The molecule has 0 saturated heterocycles. The second kappa shape index (κ2) is 6.16. The molecule has 106 valence electrons. The van der Waals surface area contributed by atoms with Gasteiger partial charge >= 0.3 is 0 Å². The summed E-state index contributed by atoms with van der Waals surface area (Å²) in [4.78, 5) is 13.7. The van der Waals surface area contributed by atoms with E-state index in [1.165, 1.54) is 4.68 Å². The van der Waals surface area contributed by atoms with Crippen molar-refractivity contribution in [1.29, 1.82) is 0 Å². The third-order valence-corrected chi connectivity index (χ3v) is 4.36. The lowest BCUT2D eigenvalue weighted by Crippen LogP contribution is -2.25. The zero-order valence-electron chi connectivity index (χ0n) is 10.9. The maximum atomic E-state index is 11.8. The number of anilines is 1. The van der Waals surface area contributed by atoms with Gasteiger partial charge in [-0.15, -0.1) is 0 Å². The summed E-state index contributed by atoms with van der Waals surface area (Å²) < 4.78 is 1.76. The molecule has 0 N–H and O–H groups in total. The molecule has 0 saturated carbocycles. The summed E-state index contributed by atoms with van der Waals surface area (Å²) in [6.07, 6.45) is 1.64. The van der Waals surface area contributed by atoms with Crippen molar-refractivity contribution in [3.63, 3.8) is 0 Å². The fourth-order valence-electron chi connectivity index (χ4n) is 1.77. The first kappa shape index (κ1) is 15.4. The molecule has 0 unspecified atom stereocenters. The van der Waals surface area contributed by atoms with E-state index in [9.17, 15) is 4.79 Å². The van der Waals surface area contributed by atoms with Crippen LogP contribution in [0.4, 0.5) is 5.69 Å². The molecule has 0 bridgehead atoms. The van der Waals surface area contributed by atoms with Crippen molar-refractivity contribution in [2.24, 2.45) is 7.05 Å². The standard InChI is InChI=1S/C13H12BrCl2N3O/c1-18(7-8-3-4-9(15)10(16)5-8)11-6-17-19(2)13(20)12(11)14/h3-6H,7H2,1-2H3. The van der Waals surface area contributed by atoms with Crippen LogP contribution >= 0.6 is 39.1 Å². The van der Waals surface area contributed by atoms with Gasteiger partial charge in [-0.2, -0.15) is 5.10 Å². The Kier molecular flexibility index (Phi) is 4.73. The van der Waals surface area contributed by atoms with Crippen LogP contribution in [0.3, 0.4) is 0 Å². The lowest BCUT2D eigenvalue weighted by atomic mass is 10.2. The molecular formula is C13H12BrCl2N3O. The third-order valence-electron chi connectivity index (χ3n) is 2.87. The Labute approximate surface area is 135 Å². The number of aromatic nitrogens is 2. The van der Waals surface area contributed by atoms with E-state index in [1.807, 2.05) is 24.1 Å². The van der Waals surface area contributed by atoms with Crippen LogP contribution in [0, 0.1) is 0 Å². The maximum absolute atomic E-state index is 11.8. The van der Waals surface area contributed by atoms with Crippen LogP contribution in [0.2, 0.25) is 10.0 Å². The molecule has 0 amide bonds. The maximum Gasteiger partial charge on any atom is 0.282 e. The Balaban J connectivity index is 2.28. The highest BCUT2D eigenvalue weighted by Gasteiger charge is 2.12. The Morgan fingerprint density at radius 2 is 2.05 bits per heavy atom. The largest absolute Gasteiger partial charge is 0.368 e. The summed E-state index contributed by atoms with van der Waals surface area (Å²) in [6, 6.07) is 5.46. The molecule has 0 atom stereocenters. The fraction of sp³-hybridized carbons (Fsp3) is 0.231. The smallest absolute Gasteiger partial charge is 0.282 e. The monoisotopic (exact) mass is 375 g/mol. The van der Waals surface area contributed by atoms with E-state index in [0.29, 0.717) is 21.1 Å². The van der Waals surface area contributed by atoms with E-state index in [2.05, 4.69) is 21.0 Å². The molecule has 7 heteroatoms. The van der Waals surface area contributed by atoms with Gasteiger partial charge in [0.25, 0.3) is 5.56 Å². The second-order valence-electron chi connectivity index (χ2n) is 4.38. The summed E-state index contributed by atoms with van der Waals surface area (Å²) in [6.45, 7) is 0.588. The fourth-order valence-corrected chi connectivity index (χ4v) is 2.75. The first-order valence-corrected chi connectivity index (χ1v) is 7.32. The Morgan fingerprint density at radius 1 is 1.35 bits per heavy atom. The van der Waals surface area contributed by atoms with Crippen molar-refractivity contribution in [2.45, 2.75) is 6.54 Å². The zero-order chi connectivity index (χ0) is 14.9. The van der Waals surface area contributed by atoms with Crippen LogP contribution in [-0.2, 0) is 13.6 Å². The molecule has 0 spiro atoms. The zero-order valence-corrected chi connectivity index (χ0v) is 14.0. The van der Waals surface area contributed by atoms with Gasteiger partial charge in [-0.3, -0.25) is 4.79 Å². The number of nitrogens with zero attached hydrogens (tertiary/aromatic N) is 3. The lowest BCUT2D eigenvalue weighted by Gasteiger charge is -2.20. The molecule has 0 radical (unpaired) electrons. The number of aryl methyl sites for hydroxylation is 1. The van der Waals surface area contributed by atoms with Crippen LogP contribution < -0.4 is 10.5 Å². The van der Waals surface area contributed by atoms with Gasteiger partial charge in [0.15, 0.2) is 0 Å². The summed E-state index contributed by atoms with van der Waals surface area (Å²) in [5.41, 5.74) is 1.54. The van der Waals surface area contributed by atoms with Crippen molar-refractivity contribution in [3.05, 3.63) is 54.8 Å². The highest BCUT2D eigenvalue weighted by molar-refractivity contribution is 9.10. The number of hydrogen-bond acceptors (Lipinski definition) is 3. The van der Waals surface area contributed by atoms with E-state index in [4.69, 9.17) is 23.2 Å². The number of rotatable bonds is 3. The van der Waals surface area contributed by atoms with E-state index >= 15 is 0 Å². The minimum Gasteiger partial charge on any atom is -0.368 e. The molecule has 1 aromatic carbocycles. The highest BCUT2D eigenvalue weighted by Crippen LogP contribution is 2.25. The summed E-state index contributed by atoms with van der Waals surface area (Å²) in [5, 5.41) is 5.05. The van der Waals surface area contributed by atoms with Crippen LogP contribution in [0.25, 0.3) is 0 Å². The molecule has 0 aliphatic heterocycles. The van der Waals surface area contributed by atoms with Gasteiger partial charge in [-0.1, -0.05) is 29.3 Å². The Bertz CT molecular complexity index is 703. The molecule has 4 nitrogen and oxygen atoms in total. The van der Waals surface area contributed by atoms with E-state index in [0.717, 1.165) is 11.3 Å². The first-order valence-electron chi connectivity index (χ1n) is 5.77.